The molecule has 5 nitrogen and oxygen atoms in total. The summed E-state index contributed by atoms with van der Waals surface area (Å²) in [7, 11) is 0. The summed E-state index contributed by atoms with van der Waals surface area (Å²) in [6.07, 6.45) is 3.14. The molecule has 130 valence electrons. The SMILES string of the molecule is CCC[C@H]1CN(c2cc(C)c(C3CCC(=O)NC3)cc2C)C(=O)O1. The summed E-state index contributed by atoms with van der Waals surface area (Å²) < 4.78 is 5.46. The molecule has 1 aromatic rings. The van der Waals surface area contributed by atoms with Crippen LogP contribution in [0.25, 0.3) is 0 Å². The van der Waals surface area contributed by atoms with E-state index in [1.807, 2.05) is 6.92 Å². The Hall–Kier alpha value is -2.04. The first kappa shape index (κ1) is 16.8. The van der Waals surface area contributed by atoms with Gasteiger partial charge in [0.05, 0.1) is 12.2 Å². The molecule has 2 saturated heterocycles. The van der Waals surface area contributed by atoms with Crippen LogP contribution in [0.4, 0.5) is 10.5 Å². The predicted molar refractivity (Wildman–Crippen MR) is 93.4 cm³/mol. The second kappa shape index (κ2) is 6.83. The summed E-state index contributed by atoms with van der Waals surface area (Å²) in [5, 5.41) is 2.95. The van der Waals surface area contributed by atoms with Gasteiger partial charge < -0.3 is 10.1 Å². The zero-order valence-corrected chi connectivity index (χ0v) is 14.7. The average Bonchev–Trinajstić information content (AvgIpc) is 2.91. The fourth-order valence-corrected chi connectivity index (χ4v) is 3.74. The molecule has 0 spiro atoms. The van der Waals surface area contributed by atoms with E-state index in [9.17, 15) is 9.59 Å². The number of hydrogen-bond acceptors (Lipinski definition) is 3. The molecule has 0 radical (unpaired) electrons. The minimum Gasteiger partial charge on any atom is -0.444 e. The number of nitrogens with one attached hydrogen (secondary N) is 1. The van der Waals surface area contributed by atoms with Crippen LogP contribution in [0.3, 0.4) is 0 Å². The van der Waals surface area contributed by atoms with Crippen molar-refractivity contribution < 1.29 is 14.3 Å². The number of hydrogen-bond donors (Lipinski definition) is 1. The van der Waals surface area contributed by atoms with Crippen molar-refractivity contribution >= 4 is 17.7 Å². The van der Waals surface area contributed by atoms with Crippen LogP contribution >= 0.6 is 0 Å². The van der Waals surface area contributed by atoms with Crippen molar-refractivity contribution in [1.29, 1.82) is 0 Å². The number of aryl methyl sites for hydroxylation is 2. The highest BCUT2D eigenvalue weighted by atomic mass is 16.6. The van der Waals surface area contributed by atoms with Crippen LogP contribution in [0.1, 0.15) is 55.2 Å². The summed E-state index contributed by atoms with van der Waals surface area (Å²) in [4.78, 5) is 25.3. The largest absolute Gasteiger partial charge is 0.444 e. The molecule has 2 fully saturated rings. The zero-order chi connectivity index (χ0) is 17.3. The Morgan fingerprint density at radius 2 is 2.04 bits per heavy atom. The molecule has 3 rings (SSSR count). The first-order valence-corrected chi connectivity index (χ1v) is 8.85. The molecule has 2 heterocycles. The third-order valence-electron chi connectivity index (χ3n) is 5.07. The molecule has 5 heteroatoms. The van der Waals surface area contributed by atoms with E-state index in [4.69, 9.17) is 4.74 Å². The van der Waals surface area contributed by atoms with Gasteiger partial charge in [-0.15, -0.1) is 0 Å². The maximum atomic E-state index is 12.2. The maximum absolute atomic E-state index is 12.2. The van der Waals surface area contributed by atoms with Crippen molar-refractivity contribution in [3.05, 3.63) is 28.8 Å². The molecule has 1 N–H and O–H groups in total. The topological polar surface area (TPSA) is 58.6 Å². The van der Waals surface area contributed by atoms with Crippen LogP contribution in [0.15, 0.2) is 12.1 Å². The second-order valence-electron chi connectivity index (χ2n) is 6.94. The molecule has 24 heavy (non-hydrogen) atoms. The van der Waals surface area contributed by atoms with Gasteiger partial charge in [-0.2, -0.15) is 0 Å². The summed E-state index contributed by atoms with van der Waals surface area (Å²) in [5.74, 6) is 0.493. The van der Waals surface area contributed by atoms with E-state index in [0.29, 0.717) is 25.4 Å². The Bertz CT molecular complexity index is 646. The lowest BCUT2D eigenvalue weighted by Gasteiger charge is -2.26. The van der Waals surface area contributed by atoms with Crippen molar-refractivity contribution in [2.45, 2.75) is 58.5 Å². The first-order chi connectivity index (χ1) is 11.5. The number of benzene rings is 1. The molecule has 0 bridgehead atoms. The molecule has 2 amide bonds. The molecule has 0 aromatic heterocycles. The van der Waals surface area contributed by atoms with E-state index in [2.05, 4.69) is 31.3 Å². The van der Waals surface area contributed by atoms with E-state index in [-0.39, 0.29) is 18.1 Å². The number of amides is 2. The van der Waals surface area contributed by atoms with Gasteiger partial charge >= 0.3 is 6.09 Å². The van der Waals surface area contributed by atoms with E-state index in [0.717, 1.165) is 30.5 Å². The van der Waals surface area contributed by atoms with Crippen LogP contribution in [-0.4, -0.2) is 31.2 Å². The lowest BCUT2D eigenvalue weighted by atomic mass is 9.87. The molecule has 0 aliphatic carbocycles. The minimum absolute atomic E-state index is 0.00422. The standard InChI is InChI=1S/C19H26N2O3/c1-4-5-15-11-21(19(23)24-15)17-9-12(2)16(8-13(17)3)14-6-7-18(22)20-10-14/h8-9,14-15H,4-7,10-11H2,1-3H3,(H,20,22)/t14?,15-/m0/s1. The molecule has 2 atom stereocenters. The van der Waals surface area contributed by atoms with Gasteiger partial charge in [-0.25, -0.2) is 4.79 Å². The Morgan fingerprint density at radius 1 is 1.25 bits per heavy atom. The van der Waals surface area contributed by atoms with E-state index in [1.54, 1.807) is 4.90 Å². The van der Waals surface area contributed by atoms with Gasteiger partial charge in [0.25, 0.3) is 0 Å². The van der Waals surface area contributed by atoms with Gasteiger partial charge in [-0.3, -0.25) is 9.69 Å². The Balaban J connectivity index is 1.82. The highest BCUT2D eigenvalue weighted by molar-refractivity contribution is 5.91. The van der Waals surface area contributed by atoms with Crippen molar-refractivity contribution in [2.24, 2.45) is 0 Å². The highest BCUT2D eigenvalue weighted by Gasteiger charge is 2.33. The number of anilines is 1. The molecule has 1 unspecified atom stereocenters. The lowest BCUT2D eigenvalue weighted by Crippen LogP contribution is -2.34. The van der Waals surface area contributed by atoms with Gasteiger partial charge in [0, 0.05) is 18.9 Å². The van der Waals surface area contributed by atoms with Gasteiger partial charge in [0.2, 0.25) is 5.91 Å². The number of piperidine rings is 1. The third-order valence-corrected chi connectivity index (χ3v) is 5.07. The van der Waals surface area contributed by atoms with Crippen molar-refractivity contribution in [1.82, 2.24) is 5.32 Å². The van der Waals surface area contributed by atoms with Gasteiger partial charge in [0.1, 0.15) is 6.10 Å². The van der Waals surface area contributed by atoms with Crippen LogP contribution < -0.4 is 10.2 Å². The average molecular weight is 330 g/mol. The monoisotopic (exact) mass is 330 g/mol. The fraction of sp³-hybridized carbons (Fsp3) is 0.579. The quantitative estimate of drug-likeness (QED) is 0.920. The molecule has 1 aromatic carbocycles. The number of nitrogens with zero attached hydrogens (tertiary/aromatic N) is 1. The third kappa shape index (κ3) is 3.25. The summed E-state index contributed by atoms with van der Waals surface area (Å²) in [5.41, 5.74) is 4.47. The van der Waals surface area contributed by atoms with Crippen LogP contribution in [-0.2, 0) is 9.53 Å². The first-order valence-electron chi connectivity index (χ1n) is 8.85. The molecule has 2 aliphatic rings. The summed E-state index contributed by atoms with van der Waals surface area (Å²) >= 11 is 0. The fourth-order valence-electron chi connectivity index (χ4n) is 3.74. The van der Waals surface area contributed by atoms with Crippen molar-refractivity contribution in [3.63, 3.8) is 0 Å². The summed E-state index contributed by atoms with van der Waals surface area (Å²) in [6, 6.07) is 4.27. The van der Waals surface area contributed by atoms with Gasteiger partial charge in [-0.05, 0) is 49.4 Å². The Kier molecular flexibility index (Phi) is 4.78. The predicted octanol–water partition coefficient (Wildman–Crippen LogP) is 3.42. The van der Waals surface area contributed by atoms with Crippen molar-refractivity contribution in [2.75, 3.05) is 18.0 Å². The number of cyclic esters (lactones) is 1. The summed E-state index contributed by atoms with van der Waals surface area (Å²) in [6.45, 7) is 7.55. The van der Waals surface area contributed by atoms with Gasteiger partial charge in [0.15, 0.2) is 0 Å². The smallest absolute Gasteiger partial charge is 0.414 e. The van der Waals surface area contributed by atoms with E-state index >= 15 is 0 Å². The number of rotatable bonds is 4. The van der Waals surface area contributed by atoms with E-state index in [1.165, 1.54) is 11.1 Å². The van der Waals surface area contributed by atoms with Crippen LogP contribution in [0, 0.1) is 13.8 Å². The molecule has 2 aliphatic heterocycles. The zero-order valence-electron chi connectivity index (χ0n) is 14.7. The minimum atomic E-state index is -0.242. The van der Waals surface area contributed by atoms with Crippen LogP contribution in [0.5, 0.6) is 0 Å². The number of carbonyl (C=O) groups excluding carboxylic acids is 2. The van der Waals surface area contributed by atoms with Crippen LogP contribution in [0.2, 0.25) is 0 Å². The second-order valence-corrected chi connectivity index (χ2v) is 6.94. The lowest BCUT2D eigenvalue weighted by molar-refractivity contribution is -0.122. The van der Waals surface area contributed by atoms with Gasteiger partial charge in [-0.1, -0.05) is 19.4 Å². The molecular weight excluding hydrogens is 304 g/mol. The molecular formula is C19H26N2O3. The number of carbonyl (C=O) groups is 2. The Morgan fingerprint density at radius 3 is 2.71 bits per heavy atom. The van der Waals surface area contributed by atoms with Crippen molar-refractivity contribution in [3.8, 4) is 0 Å². The molecule has 0 saturated carbocycles. The highest BCUT2D eigenvalue weighted by Crippen LogP contribution is 2.33. The van der Waals surface area contributed by atoms with E-state index < -0.39 is 0 Å². The maximum Gasteiger partial charge on any atom is 0.414 e. The number of ether oxygens (including phenoxy) is 1. The normalized spacial score (nSPS) is 24.0. The Labute approximate surface area is 143 Å².